The normalized spacial score (nSPS) is 15.9. The lowest BCUT2D eigenvalue weighted by Gasteiger charge is -2.40. The fraction of sp³-hybridized carbons (Fsp3) is 0.0244. The number of imidazole rings is 2. The molecule has 0 saturated carbocycles. The number of benzene rings is 5. The molecule has 11 aromatic rings. The number of aromatic nitrogens is 8. The number of H-pyrrole nitrogens is 3. The van der Waals surface area contributed by atoms with E-state index in [0.717, 1.165) is 52.1 Å². The van der Waals surface area contributed by atoms with Crippen molar-refractivity contribution < 1.29 is 4.42 Å². The van der Waals surface area contributed by atoms with Gasteiger partial charge in [-0.1, -0.05) is 66.7 Å². The molecular weight excluding hydrogens is 713 g/mol. The van der Waals surface area contributed by atoms with Gasteiger partial charge in [0.2, 0.25) is 0 Å². The van der Waals surface area contributed by atoms with Crippen LogP contribution in [0.25, 0.3) is 69.9 Å². The number of para-hydroxylation sites is 6. The van der Waals surface area contributed by atoms with Gasteiger partial charge in [-0.05, 0) is 66.0 Å². The Balaban J connectivity index is 1.27. The van der Waals surface area contributed by atoms with Crippen molar-refractivity contribution in [3.8, 4) is 10.8 Å². The second kappa shape index (κ2) is 11.0. The number of hydrogen-bond donors (Lipinski definition) is 3. The number of anilines is 1. The maximum atomic E-state index is 6.82. The average Bonchev–Trinajstić information content (AvgIpc) is 4.07. The molecule has 0 aliphatic carbocycles. The maximum Gasteiger partial charge on any atom is 0.252 e. The fourth-order valence-corrected chi connectivity index (χ4v) is 9.51. The Hall–Kier alpha value is -6.96. The summed E-state index contributed by atoms with van der Waals surface area (Å²) in [7, 11) is 0. The summed E-state index contributed by atoms with van der Waals surface area (Å²) in [5.74, 6) is 2.17. The number of thiophene rings is 1. The summed E-state index contributed by atoms with van der Waals surface area (Å²) in [6.07, 6.45) is 0. The minimum absolute atomic E-state index is 0.367. The van der Waals surface area contributed by atoms with Crippen LogP contribution in [0.3, 0.4) is 0 Å². The Kier molecular flexibility index (Phi) is 6.04. The smallest absolute Gasteiger partial charge is 0.252 e. The first kappa shape index (κ1) is 29.6. The highest BCUT2D eigenvalue weighted by Crippen LogP contribution is 2.49. The number of rotatable bonds is 5. The second-order valence-corrected chi connectivity index (χ2v) is 15.2. The van der Waals surface area contributed by atoms with E-state index >= 15 is 0 Å². The summed E-state index contributed by atoms with van der Waals surface area (Å²) in [4.78, 5) is 36.6. The number of nitrogens with zero attached hydrogens (tertiary/aromatic N) is 7. The molecule has 7 heterocycles. The Bertz CT molecular complexity index is 3190. The van der Waals surface area contributed by atoms with Gasteiger partial charge in [-0.15, -0.1) is 22.7 Å². The predicted octanol–water partition coefficient (Wildman–Crippen LogP) is 7.99. The number of fused-ring (bicyclic) bond motifs is 6. The summed E-state index contributed by atoms with van der Waals surface area (Å²) in [6, 6.07) is 42.5. The number of oxazole rings is 1. The molecule has 1 aliphatic rings. The van der Waals surface area contributed by atoms with Crippen LogP contribution in [0.2, 0.25) is 0 Å². The quantitative estimate of drug-likeness (QED) is 0.163. The Morgan fingerprint density at radius 1 is 0.630 bits per heavy atom. The van der Waals surface area contributed by atoms with Crippen LogP contribution in [0.1, 0.15) is 16.6 Å². The Labute approximate surface area is 312 Å². The van der Waals surface area contributed by atoms with Crippen molar-refractivity contribution in [1.29, 1.82) is 0 Å². The minimum Gasteiger partial charge on any atom is -0.436 e. The summed E-state index contributed by atoms with van der Waals surface area (Å²) >= 11 is 3.21. The van der Waals surface area contributed by atoms with E-state index in [9.17, 15) is 0 Å². The molecule has 1 unspecified atom stereocenters. The zero-order valence-electron chi connectivity index (χ0n) is 28.0. The largest absolute Gasteiger partial charge is 0.436 e. The first-order valence-electron chi connectivity index (χ1n) is 17.3. The van der Waals surface area contributed by atoms with E-state index in [2.05, 4.69) is 50.3 Å². The van der Waals surface area contributed by atoms with Crippen molar-refractivity contribution in [2.45, 2.75) is 5.66 Å². The zero-order chi connectivity index (χ0) is 35.4. The average molecular weight is 737 g/mol. The molecule has 54 heavy (non-hydrogen) atoms. The van der Waals surface area contributed by atoms with Crippen LogP contribution < -0.4 is 15.7 Å². The van der Waals surface area contributed by atoms with Crippen LogP contribution in [0, 0.1) is 0 Å². The molecule has 3 N–H and O–H groups in total. The molecule has 0 fully saturated rings. The monoisotopic (exact) mass is 736 g/mol. The molecule has 13 heteroatoms. The van der Waals surface area contributed by atoms with Gasteiger partial charge in [0.05, 0.1) is 31.6 Å². The van der Waals surface area contributed by atoms with E-state index in [0.29, 0.717) is 51.0 Å². The van der Waals surface area contributed by atoms with Crippen LogP contribution in [0.4, 0.5) is 5.82 Å². The van der Waals surface area contributed by atoms with Crippen molar-refractivity contribution in [2.24, 2.45) is 4.99 Å². The molecule has 0 spiro atoms. The van der Waals surface area contributed by atoms with E-state index in [1.54, 1.807) is 22.7 Å². The number of hydrogen-bond acceptors (Lipinski definition) is 10. The number of aromatic amines is 3. The highest BCUT2D eigenvalue weighted by atomic mass is 32.1. The molecule has 0 radical (unpaired) electrons. The molecule has 12 rings (SSSR count). The summed E-state index contributed by atoms with van der Waals surface area (Å²) < 4.78 is 8.98. The molecule has 6 aromatic heterocycles. The highest BCUT2D eigenvalue weighted by Gasteiger charge is 2.53. The van der Waals surface area contributed by atoms with Gasteiger partial charge in [0.25, 0.3) is 11.6 Å². The molecule has 5 aromatic carbocycles. The summed E-state index contributed by atoms with van der Waals surface area (Å²) in [5.41, 5.74) is 4.52. The van der Waals surface area contributed by atoms with Gasteiger partial charge in [0.15, 0.2) is 33.5 Å². The molecule has 0 saturated heterocycles. The highest BCUT2D eigenvalue weighted by molar-refractivity contribution is 7.21. The van der Waals surface area contributed by atoms with Crippen LogP contribution in [0.5, 0.6) is 0 Å². The molecular formula is C41H24N10OS2. The summed E-state index contributed by atoms with van der Waals surface area (Å²) in [6.45, 7) is 0. The van der Waals surface area contributed by atoms with Crippen LogP contribution in [-0.4, -0.2) is 40.1 Å². The standard InChI is InChI=1S/C41H24N10OS2/c1-9-19-30-22(11-1)21-32(53-30)41(40-45-27-16-6-8-18-29(27)52-40)48-35-33(46-37(47-35)39-44-28-17-7-10-20-31(28)54-39)34(36-42-25-14-4-5-15-26(25)43-36)51(41)38-23-12-2-3-13-24(23)49-50-38/h1-21H,(H,42,43)(H,49,50)(H,46,47,48). The number of nitrogens with one attached hydrogen (secondary N) is 3. The lowest BCUT2D eigenvalue weighted by atomic mass is 10.0. The van der Waals surface area contributed by atoms with Crippen LogP contribution in [0.15, 0.2) is 137 Å². The van der Waals surface area contributed by atoms with Crippen molar-refractivity contribution in [2.75, 3.05) is 4.90 Å². The zero-order valence-corrected chi connectivity index (χ0v) is 29.6. The van der Waals surface area contributed by atoms with E-state index in [1.807, 2.05) is 97.1 Å². The molecule has 1 aliphatic heterocycles. The first-order valence-corrected chi connectivity index (χ1v) is 18.9. The summed E-state index contributed by atoms with van der Waals surface area (Å²) in [5, 5.41) is 11.7. The van der Waals surface area contributed by atoms with Gasteiger partial charge >= 0.3 is 0 Å². The van der Waals surface area contributed by atoms with Gasteiger partial charge in [-0.2, -0.15) is 5.10 Å². The topological polar surface area (TPSA) is 141 Å². The molecule has 0 bridgehead atoms. The van der Waals surface area contributed by atoms with Gasteiger partial charge in [-0.3, -0.25) is 10.00 Å². The molecule has 256 valence electrons. The van der Waals surface area contributed by atoms with E-state index in [1.165, 1.54) is 0 Å². The van der Waals surface area contributed by atoms with E-state index in [4.69, 9.17) is 34.4 Å². The lowest BCUT2D eigenvalue weighted by molar-refractivity contribution is 0.391. The third-order valence-electron chi connectivity index (χ3n) is 9.87. The third-order valence-corrected chi connectivity index (χ3v) is 12.1. The molecule has 11 nitrogen and oxygen atoms in total. The van der Waals surface area contributed by atoms with Crippen molar-refractivity contribution in [3.05, 3.63) is 155 Å². The fourth-order valence-electron chi connectivity index (χ4n) is 7.42. The van der Waals surface area contributed by atoms with E-state index < -0.39 is 5.66 Å². The second-order valence-electron chi connectivity index (χ2n) is 13.1. The van der Waals surface area contributed by atoms with Gasteiger partial charge in [0, 0.05) is 10.1 Å². The van der Waals surface area contributed by atoms with Crippen LogP contribution in [-0.2, 0) is 5.66 Å². The third kappa shape index (κ3) is 4.21. The van der Waals surface area contributed by atoms with Gasteiger partial charge < -0.3 is 14.4 Å². The van der Waals surface area contributed by atoms with Crippen LogP contribution >= 0.6 is 22.7 Å². The Morgan fingerprint density at radius 3 is 2.24 bits per heavy atom. The maximum absolute atomic E-state index is 6.82. The number of thiazole rings is 1. The minimum atomic E-state index is -1.44. The van der Waals surface area contributed by atoms with Gasteiger partial charge in [0.1, 0.15) is 16.6 Å². The predicted molar refractivity (Wildman–Crippen MR) is 212 cm³/mol. The van der Waals surface area contributed by atoms with Crippen molar-refractivity contribution >= 4 is 87.5 Å². The molecule has 1 atom stereocenters. The first-order chi connectivity index (χ1) is 26.7. The Morgan fingerprint density at radius 2 is 1.39 bits per heavy atom. The SMILES string of the molecule is c1ccc2sc(C3(c4nc5ccccc5o4)N=c4nc(-c5nc6ccccc6s5)[nH]c4=C(c4nc5ccccc5[nH]4)N3c3n[nH]c4ccccc34)cc2c1. The van der Waals surface area contributed by atoms with Gasteiger partial charge in [-0.25, -0.2) is 24.9 Å². The molecule has 0 amide bonds. The lowest BCUT2D eigenvalue weighted by Crippen LogP contribution is -2.54. The van der Waals surface area contributed by atoms with E-state index in [-0.39, 0.29) is 0 Å². The van der Waals surface area contributed by atoms with Crippen molar-refractivity contribution in [1.82, 2.24) is 40.1 Å². The van der Waals surface area contributed by atoms with Crippen molar-refractivity contribution in [3.63, 3.8) is 0 Å².